The number of aromatic amines is 1. The second-order valence-corrected chi connectivity index (χ2v) is 8.36. The van der Waals surface area contributed by atoms with Crippen LogP contribution in [0.3, 0.4) is 0 Å². The molecule has 2 aromatic rings. The lowest BCUT2D eigenvalue weighted by Crippen LogP contribution is -2.47. The number of carboxylic acids is 1. The first-order valence-electron chi connectivity index (χ1n) is 7.99. The van der Waals surface area contributed by atoms with Crippen molar-refractivity contribution in [1.29, 1.82) is 0 Å². The molecule has 1 saturated heterocycles. The van der Waals surface area contributed by atoms with E-state index >= 15 is 0 Å². The molecule has 0 spiro atoms. The quantitative estimate of drug-likeness (QED) is 0.840. The van der Waals surface area contributed by atoms with Crippen LogP contribution in [0.4, 0.5) is 4.39 Å². The molecule has 0 aliphatic carbocycles. The summed E-state index contributed by atoms with van der Waals surface area (Å²) in [6.45, 7) is 0.390. The van der Waals surface area contributed by atoms with Crippen molar-refractivity contribution < 1.29 is 22.7 Å². The van der Waals surface area contributed by atoms with Gasteiger partial charge in [0.2, 0.25) is 0 Å². The Morgan fingerprint density at radius 1 is 1.44 bits per heavy atom. The number of carbonyl (C=O) groups is 1. The number of hydrogen-bond donors (Lipinski definition) is 2. The Morgan fingerprint density at radius 2 is 2.20 bits per heavy atom. The van der Waals surface area contributed by atoms with E-state index in [2.05, 4.69) is 4.98 Å². The standard InChI is InChI=1S/C16H20FN3O4S/c1-19(10-14-8-12-7-13(17)4-5-15(12)18-14)25(23,24)20-6-2-3-11(9-20)16(21)22/h4-5,7-8,11,18H,2-3,6,9-10H2,1H3,(H,21,22). The summed E-state index contributed by atoms with van der Waals surface area (Å²) >= 11 is 0. The fourth-order valence-electron chi connectivity index (χ4n) is 3.12. The van der Waals surface area contributed by atoms with E-state index in [9.17, 15) is 17.6 Å². The van der Waals surface area contributed by atoms with Crippen molar-refractivity contribution in [3.8, 4) is 0 Å². The molecule has 25 heavy (non-hydrogen) atoms. The number of piperidine rings is 1. The maximum Gasteiger partial charge on any atom is 0.307 e. The first-order valence-corrected chi connectivity index (χ1v) is 9.38. The molecule has 1 aliphatic rings. The highest BCUT2D eigenvalue weighted by molar-refractivity contribution is 7.86. The number of hydrogen-bond acceptors (Lipinski definition) is 3. The van der Waals surface area contributed by atoms with E-state index in [4.69, 9.17) is 5.11 Å². The van der Waals surface area contributed by atoms with E-state index in [-0.39, 0.29) is 18.9 Å². The van der Waals surface area contributed by atoms with E-state index in [0.717, 1.165) is 5.52 Å². The number of H-pyrrole nitrogens is 1. The maximum absolute atomic E-state index is 13.3. The average Bonchev–Trinajstić information content (AvgIpc) is 2.96. The van der Waals surface area contributed by atoms with Crippen molar-refractivity contribution >= 4 is 27.1 Å². The highest BCUT2D eigenvalue weighted by Gasteiger charge is 2.34. The van der Waals surface area contributed by atoms with Crippen LogP contribution in [0.1, 0.15) is 18.5 Å². The van der Waals surface area contributed by atoms with Crippen LogP contribution < -0.4 is 0 Å². The number of fused-ring (bicyclic) bond motifs is 1. The van der Waals surface area contributed by atoms with Gasteiger partial charge in [-0.3, -0.25) is 4.79 Å². The molecule has 0 bridgehead atoms. The summed E-state index contributed by atoms with van der Waals surface area (Å²) in [6.07, 6.45) is 1.01. The molecule has 1 aromatic carbocycles. The van der Waals surface area contributed by atoms with Crippen molar-refractivity contribution in [2.45, 2.75) is 19.4 Å². The first kappa shape index (κ1) is 17.8. The average molecular weight is 369 g/mol. The third kappa shape index (κ3) is 3.68. The minimum atomic E-state index is -3.76. The number of aliphatic carboxylic acids is 1. The number of benzene rings is 1. The molecule has 7 nitrogen and oxygen atoms in total. The summed E-state index contributed by atoms with van der Waals surface area (Å²) in [6, 6.07) is 6.03. The van der Waals surface area contributed by atoms with E-state index < -0.39 is 22.1 Å². The monoisotopic (exact) mass is 369 g/mol. The summed E-state index contributed by atoms with van der Waals surface area (Å²) in [5.41, 5.74) is 1.37. The highest BCUT2D eigenvalue weighted by atomic mass is 32.2. The molecule has 1 fully saturated rings. The molecule has 1 unspecified atom stereocenters. The Hall–Kier alpha value is -1.97. The van der Waals surface area contributed by atoms with Gasteiger partial charge in [0.15, 0.2) is 0 Å². The van der Waals surface area contributed by atoms with Gasteiger partial charge in [0, 0.05) is 36.7 Å². The largest absolute Gasteiger partial charge is 0.481 e. The van der Waals surface area contributed by atoms with Crippen LogP contribution in [0.2, 0.25) is 0 Å². The Bertz CT molecular complexity index is 896. The Kier molecular flexibility index (Phi) is 4.81. The van der Waals surface area contributed by atoms with Gasteiger partial charge in [0.05, 0.1) is 12.5 Å². The molecule has 0 radical (unpaired) electrons. The molecule has 3 rings (SSSR count). The van der Waals surface area contributed by atoms with E-state index in [0.29, 0.717) is 30.5 Å². The summed E-state index contributed by atoms with van der Waals surface area (Å²) in [7, 11) is -2.31. The van der Waals surface area contributed by atoms with Crippen molar-refractivity contribution in [2.75, 3.05) is 20.1 Å². The number of aromatic nitrogens is 1. The minimum absolute atomic E-state index is 0.0140. The van der Waals surface area contributed by atoms with Gasteiger partial charge in [-0.25, -0.2) is 4.39 Å². The van der Waals surface area contributed by atoms with Crippen molar-refractivity contribution in [3.63, 3.8) is 0 Å². The second-order valence-electron chi connectivity index (χ2n) is 6.33. The lowest BCUT2D eigenvalue weighted by molar-refractivity contribution is -0.142. The zero-order chi connectivity index (χ0) is 18.2. The fraction of sp³-hybridized carbons (Fsp3) is 0.438. The van der Waals surface area contributed by atoms with E-state index in [1.54, 1.807) is 12.1 Å². The molecular weight excluding hydrogens is 349 g/mol. The van der Waals surface area contributed by atoms with Crippen LogP contribution in [-0.4, -0.2) is 53.2 Å². The van der Waals surface area contributed by atoms with Crippen LogP contribution in [0.25, 0.3) is 10.9 Å². The van der Waals surface area contributed by atoms with Crippen molar-refractivity contribution in [2.24, 2.45) is 5.92 Å². The number of carboxylic acid groups (broad SMARTS) is 1. The fourth-order valence-corrected chi connectivity index (χ4v) is 4.55. The number of halogens is 1. The molecule has 136 valence electrons. The predicted octanol–water partition coefficient (Wildman–Crippen LogP) is 1.78. The minimum Gasteiger partial charge on any atom is -0.481 e. The molecule has 9 heteroatoms. The maximum atomic E-state index is 13.3. The lowest BCUT2D eigenvalue weighted by Gasteiger charge is -2.32. The van der Waals surface area contributed by atoms with Crippen LogP contribution in [-0.2, 0) is 21.5 Å². The van der Waals surface area contributed by atoms with Crippen LogP contribution in [0.5, 0.6) is 0 Å². The summed E-state index contributed by atoms with van der Waals surface area (Å²) in [4.78, 5) is 14.2. The van der Waals surface area contributed by atoms with E-state index in [1.807, 2.05) is 0 Å². The summed E-state index contributed by atoms with van der Waals surface area (Å²) in [5.74, 6) is -2.00. The van der Waals surface area contributed by atoms with Crippen LogP contribution in [0.15, 0.2) is 24.3 Å². The molecule has 1 aromatic heterocycles. The molecule has 1 atom stereocenters. The van der Waals surface area contributed by atoms with Gasteiger partial charge in [0.1, 0.15) is 5.82 Å². The molecule has 1 aliphatic heterocycles. The number of nitrogens with one attached hydrogen (secondary N) is 1. The smallest absolute Gasteiger partial charge is 0.307 e. The van der Waals surface area contributed by atoms with Crippen LogP contribution in [0, 0.1) is 11.7 Å². The highest BCUT2D eigenvalue weighted by Crippen LogP contribution is 2.23. The lowest BCUT2D eigenvalue weighted by atomic mass is 10.0. The van der Waals surface area contributed by atoms with Crippen LogP contribution >= 0.6 is 0 Å². The Morgan fingerprint density at radius 3 is 2.92 bits per heavy atom. The zero-order valence-electron chi connectivity index (χ0n) is 13.8. The molecular formula is C16H20FN3O4S. The molecule has 0 saturated carbocycles. The third-order valence-corrected chi connectivity index (χ3v) is 6.39. The van der Waals surface area contributed by atoms with E-state index in [1.165, 1.54) is 27.8 Å². The van der Waals surface area contributed by atoms with Crippen molar-refractivity contribution in [3.05, 3.63) is 35.8 Å². The molecule has 0 amide bonds. The first-order chi connectivity index (χ1) is 11.8. The summed E-state index contributed by atoms with van der Waals surface area (Å²) in [5, 5.41) is 9.80. The molecule has 2 heterocycles. The Balaban J connectivity index is 1.76. The van der Waals surface area contributed by atoms with Gasteiger partial charge < -0.3 is 10.1 Å². The third-order valence-electron chi connectivity index (χ3n) is 4.49. The van der Waals surface area contributed by atoms with Gasteiger partial charge in [-0.05, 0) is 37.1 Å². The van der Waals surface area contributed by atoms with Gasteiger partial charge >= 0.3 is 5.97 Å². The normalized spacial score (nSPS) is 19.6. The Labute approximate surface area is 145 Å². The van der Waals surface area contributed by atoms with Gasteiger partial charge in [-0.2, -0.15) is 17.0 Å². The van der Waals surface area contributed by atoms with Crippen molar-refractivity contribution in [1.82, 2.24) is 13.6 Å². The predicted molar refractivity (Wildman–Crippen MR) is 90.6 cm³/mol. The SMILES string of the molecule is CN(Cc1cc2cc(F)ccc2[nH]1)S(=O)(=O)N1CCCC(C(=O)O)C1. The van der Waals surface area contributed by atoms with Gasteiger partial charge in [-0.1, -0.05) is 0 Å². The van der Waals surface area contributed by atoms with Gasteiger partial charge in [-0.15, -0.1) is 0 Å². The number of rotatable bonds is 5. The zero-order valence-corrected chi connectivity index (χ0v) is 14.6. The topological polar surface area (TPSA) is 93.7 Å². The molecule has 2 N–H and O–H groups in total. The van der Waals surface area contributed by atoms with Gasteiger partial charge in [0.25, 0.3) is 10.2 Å². The second kappa shape index (κ2) is 6.74. The number of nitrogens with zero attached hydrogens (tertiary/aromatic N) is 2. The summed E-state index contributed by atoms with van der Waals surface area (Å²) < 4.78 is 41.1.